The number of halogens is 5. The normalized spacial score (nSPS) is 21.9. The SMILES string of the molecule is C=Nc1c(OCN2CC3CCC(C2)N3)c(-c2nccs2)cc(C(O)C(F)F)c1OC(F)(F)F. The first-order valence-corrected chi connectivity index (χ1v) is 10.9. The van der Waals surface area contributed by atoms with Crippen LogP contribution in [0.4, 0.5) is 27.6 Å². The van der Waals surface area contributed by atoms with Crippen molar-refractivity contribution in [3.8, 4) is 22.1 Å². The third-order valence-corrected chi connectivity index (χ3v) is 6.32. The van der Waals surface area contributed by atoms with Crippen molar-refractivity contribution in [3.63, 3.8) is 0 Å². The predicted molar refractivity (Wildman–Crippen MR) is 111 cm³/mol. The summed E-state index contributed by atoms with van der Waals surface area (Å²) in [5.74, 6) is -1.23. The van der Waals surface area contributed by atoms with Crippen molar-refractivity contribution in [2.45, 2.75) is 43.8 Å². The maximum atomic E-state index is 13.3. The van der Waals surface area contributed by atoms with E-state index in [4.69, 9.17) is 4.74 Å². The second kappa shape index (κ2) is 9.49. The van der Waals surface area contributed by atoms with Gasteiger partial charge in [0.2, 0.25) is 0 Å². The van der Waals surface area contributed by atoms with Crippen LogP contribution in [0.1, 0.15) is 24.5 Å². The number of rotatable bonds is 8. The lowest BCUT2D eigenvalue weighted by molar-refractivity contribution is -0.275. The fourth-order valence-electron chi connectivity index (χ4n) is 4.19. The summed E-state index contributed by atoms with van der Waals surface area (Å²) < 4.78 is 76.0. The van der Waals surface area contributed by atoms with Crippen molar-refractivity contribution >= 4 is 23.7 Å². The monoisotopic (exact) mass is 492 g/mol. The Morgan fingerprint density at radius 3 is 2.52 bits per heavy atom. The number of hydrogen-bond acceptors (Lipinski definition) is 8. The van der Waals surface area contributed by atoms with Gasteiger partial charge in [0.15, 0.2) is 11.5 Å². The van der Waals surface area contributed by atoms with E-state index in [0.29, 0.717) is 25.2 Å². The topological polar surface area (TPSA) is 79.2 Å². The molecule has 0 radical (unpaired) electrons. The van der Waals surface area contributed by atoms with Crippen molar-refractivity contribution in [1.82, 2.24) is 15.2 Å². The van der Waals surface area contributed by atoms with Crippen LogP contribution in [0.3, 0.4) is 0 Å². The molecule has 7 nitrogen and oxygen atoms in total. The molecule has 1 aromatic heterocycles. The number of thiazole rings is 1. The number of piperazine rings is 1. The molecule has 2 fully saturated rings. The molecule has 4 rings (SSSR count). The minimum Gasteiger partial charge on any atom is -0.475 e. The molecule has 0 aliphatic carbocycles. The number of fused-ring (bicyclic) bond motifs is 2. The number of nitrogens with one attached hydrogen (secondary N) is 1. The molecule has 13 heteroatoms. The van der Waals surface area contributed by atoms with Crippen molar-refractivity contribution < 1.29 is 36.5 Å². The van der Waals surface area contributed by atoms with Crippen LogP contribution in [0, 0.1) is 0 Å². The third kappa shape index (κ3) is 5.26. The Bertz CT molecular complexity index is 977. The van der Waals surface area contributed by atoms with Crippen molar-refractivity contribution in [2.24, 2.45) is 4.99 Å². The van der Waals surface area contributed by atoms with E-state index in [-0.39, 0.29) is 23.1 Å². The number of aromatic nitrogens is 1. The zero-order chi connectivity index (χ0) is 23.8. The zero-order valence-electron chi connectivity index (χ0n) is 17.2. The van der Waals surface area contributed by atoms with Gasteiger partial charge in [0, 0.05) is 42.3 Å². The Morgan fingerprint density at radius 1 is 1.27 bits per heavy atom. The number of nitrogens with zero attached hydrogens (tertiary/aromatic N) is 3. The Kier molecular flexibility index (Phi) is 6.84. The predicted octanol–water partition coefficient (Wildman–Crippen LogP) is 4.11. The van der Waals surface area contributed by atoms with Crippen LogP contribution in [-0.2, 0) is 0 Å². The Morgan fingerprint density at radius 2 is 1.97 bits per heavy atom. The lowest BCUT2D eigenvalue weighted by Gasteiger charge is -2.33. The highest BCUT2D eigenvalue weighted by Crippen LogP contribution is 2.51. The molecule has 33 heavy (non-hydrogen) atoms. The number of aliphatic imine (C=N–C) groups is 1. The summed E-state index contributed by atoms with van der Waals surface area (Å²) in [6.45, 7) is 4.69. The summed E-state index contributed by atoms with van der Waals surface area (Å²) >= 11 is 1.12. The highest BCUT2D eigenvalue weighted by molar-refractivity contribution is 7.13. The quantitative estimate of drug-likeness (QED) is 0.427. The van der Waals surface area contributed by atoms with Gasteiger partial charge in [-0.05, 0) is 25.6 Å². The average molecular weight is 492 g/mol. The molecule has 180 valence electrons. The second-order valence-electron chi connectivity index (χ2n) is 7.79. The maximum absolute atomic E-state index is 13.3. The number of benzene rings is 1. The summed E-state index contributed by atoms with van der Waals surface area (Å²) in [6.07, 6.45) is -7.66. The fraction of sp³-hybridized carbons (Fsp3) is 0.500. The first kappa shape index (κ1) is 23.8. The summed E-state index contributed by atoms with van der Waals surface area (Å²) in [4.78, 5) is 9.75. The Hall–Kier alpha value is -2.35. The van der Waals surface area contributed by atoms with Crippen LogP contribution >= 0.6 is 11.3 Å². The highest BCUT2D eigenvalue weighted by atomic mass is 32.1. The van der Waals surface area contributed by atoms with Gasteiger partial charge < -0.3 is 19.9 Å². The molecule has 2 aromatic rings. The molecule has 0 amide bonds. The van der Waals surface area contributed by atoms with E-state index in [1.54, 1.807) is 5.38 Å². The number of alkyl halides is 5. The number of aliphatic hydroxyl groups is 1. The zero-order valence-corrected chi connectivity index (χ0v) is 18.0. The van der Waals surface area contributed by atoms with Crippen LogP contribution in [-0.4, -0.2) is 66.4 Å². The minimum atomic E-state index is -5.23. The molecular formula is C20H21F5N4O3S. The second-order valence-corrected chi connectivity index (χ2v) is 8.68. The number of likely N-dealkylation sites (tertiary alicyclic amines) is 1. The number of ether oxygens (including phenoxy) is 2. The largest absolute Gasteiger partial charge is 0.573 e. The van der Waals surface area contributed by atoms with E-state index in [9.17, 15) is 27.1 Å². The van der Waals surface area contributed by atoms with E-state index in [0.717, 1.165) is 30.2 Å². The molecule has 2 aliphatic rings. The summed E-state index contributed by atoms with van der Waals surface area (Å²) in [7, 11) is 0. The number of hydrogen-bond donors (Lipinski definition) is 2. The van der Waals surface area contributed by atoms with Crippen LogP contribution in [0.15, 0.2) is 22.6 Å². The fourth-order valence-corrected chi connectivity index (χ4v) is 4.84. The summed E-state index contributed by atoms with van der Waals surface area (Å²) in [6, 6.07) is 1.58. The first-order valence-electron chi connectivity index (χ1n) is 10.1. The molecule has 2 N–H and O–H groups in total. The summed E-state index contributed by atoms with van der Waals surface area (Å²) in [5.41, 5.74) is -1.22. The van der Waals surface area contributed by atoms with Gasteiger partial charge in [0.05, 0.1) is 5.56 Å². The van der Waals surface area contributed by atoms with E-state index in [1.807, 2.05) is 4.90 Å². The molecule has 3 atom stereocenters. The molecule has 2 aliphatic heterocycles. The standard InChI is InChI=1S/C20H21F5N4O3S/c1-26-14-16(31-9-29-7-10-2-3-11(8-29)28-10)13(19-27-4-5-33-19)6-12(15(30)18(21)22)17(14)32-20(23,24)25/h4-6,10-11,15,18,28,30H,1-3,7-9H2. The molecule has 3 heterocycles. The third-order valence-electron chi connectivity index (χ3n) is 5.52. The highest BCUT2D eigenvalue weighted by Gasteiger charge is 2.38. The molecule has 2 saturated heterocycles. The van der Waals surface area contributed by atoms with Crippen molar-refractivity contribution in [2.75, 3.05) is 19.8 Å². The summed E-state index contributed by atoms with van der Waals surface area (Å²) in [5, 5.41) is 15.3. The van der Waals surface area contributed by atoms with Gasteiger partial charge in [-0.25, -0.2) is 13.8 Å². The first-order chi connectivity index (χ1) is 15.7. The van der Waals surface area contributed by atoms with Crippen LogP contribution in [0.25, 0.3) is 10.6 Å². The van der Waals surface area contributed by atoms with Gasteiger partial charge >= 0.3 is 6.36 Å². The van der Waals surface area contributed by atoms with E-state index >= 15 is 0 Å². The molecule has 2 bridgehead atoms. The lowest BCUT2D eigenvalue weighted by atomic mass is 10.0. The Balaban J connectivity index is 1.78. The molecular weight excluding hydrogens is 471 g/mol. The number of aliphatic hydroxyl groups excluding tert-OH is 1. The van der Waals surface area contributed by atoms with Gasteiger partial charge in [0.25, 0.3) is 6.43 Å². The van der Waals surface area contributed by atoms with Gasteiger partial charge in [-0.1, -0.05) is 0 Å². The van der Waals surface area contributed by atoms with E-state index in [1.165, 1.54) is 6.20 Å². The van der Waals surface area contributed by atoms with E-state index in [2.05, 4.69) is 26.7 Å². The Labute approximate surface area is 189 Å². The van der Waals surface area contributed by atoms with Gasteiger partial charge in [0.1, 0.15) is 23.5 Å². The maximum Gasteiger partial charge on any atom is 0.573 e. The molecule has 1 aromatic carbocycles. The van der Waals surface area contributed by atoms with Gasteiger partial charge in [-0.15, -0.1) is 24.5 Å². The van der Waals surface area contributed by atoms with Crippen LogP contribution < -0.4 is 14.8 Å². The van der Waals surface area contributed by atoms with Crippen molar-refractivity contribution in [3.05, 3.63) is 23.2 Å². The molecule has 0 saturated carbocycles. The lowest BCUT2D eigenvalue weighted by Crippen LogP contribution is -2.51. The van der Waals surface area contributed by atoms with E-state index < -0.39 is 35.9 Å². The molecule has 0 spiro atoms. The smallest absolute Gasteiger partial charge is 0.475 e. The molecule has 3 unspecified atom stereocenters. The minimum absolute atomic E-state index is 0.0256. The van der Waals surface area contributed by atoms with Crippen LogP contribution in [0.2, 0.25) is 0 Å². The van der Waals surface area contributed by atoms with Gasteiger partial charge in [-0.2, -0.15) is 0 Å². The van der Waals surface area contributed by atoms with Crippen molar-refractivity contribution in [1.29, 1.82) is 0 Å². The van der Waals surface area contributed by atoms with Crippen LogP contribution in [0.5, 0.6) is 11.5 Å². The van der Waals surface area contributed by atoms with Gasteiger partial charge in [-0.3, -0.25) is 9.89 Å². The average Bonchev–Trinajstić information content (AvgIpc) is 3.40.